The quantitative estimate of drug-likeness (QED) is 0.431. The lowest BCUT2D eigenvalue weighted by Gasteiger charge is -2.32. The third-order valence-corrected chi connectivity index (χ3v) is 8.11. The highest BCUT2D eigenvalue weighted by molar-refractivity contribution is 7.92. The molecule has 2 N–H and O–H groups in total. The van der Waals surface area contributed by atoms with Crippen LogP contribution in [0.15, 0.2) is 65.7 Å². The summed E-state index contributed by atoms with van der Waals surface area (Å²) >= 11 is 0. The molecule has 1 heterocycles. The largest absolute Gasteiger partial charge is 0.477 e. The van der Waals surface area contributed by atoms with Gasteiger partial charge in [-0.2, -0.15) is 0 Å². The van der Waals surface area contributed by atoms with Crippen LogP contribution in [0.5, 0.6) is 0 Å². The maximum absolute atomic E-state index is 13.5. The Balaban J connectivity index is 1.61. The van der Waals surface area contributed by atoms with Crippen LogP contribution in [0.3, 0.4) is 0 Å². The fourth-order valence-corrected chi connectivity index (χ4v) is 5.71. The summed E-state index contributed by atoms with van der Waals surface area (Å²) in [6, 6.07) is 14.2. The number of aromatic nitrogens is 2. The highest BCUT2D eigenvalue weighted by Gasteiger charge is 2.34. The van der Waals surface area contributed by atoms with Crippen LogP contribution in [0.1, 0.15) is 56.8 Å². The van der Waals surface area contributed by atoms with E-state index < -0.39 is 16.0 Å². The van der Waals surface area contributed by atoms with Crippen molar-refractivity contribution < 1.29 is 23.1 Å². The maximum atomic E-state index is 13.5. The van der Waals surface area contributed by atoms with E-state index in [1.807, 2.05) is 13.8 Å². The zero-order valence-corrected chi connectivity index (χ0v) is 22.0. The zero-order valence-electron chi connectivity index (χ0n) is 21.2. The highest BCUT2D eigenvalue weighted by atomic mass is 32.2. The normalized spacial score (nSPS) is 17.9. The molecule has 0 bridgehead atoms. The first kappa shape index (κ1) is 26.4. The summed E-state index contributed by atoms with van der Waals surface area (Å²) < 4.78 is 29.1. The van der Waals surface area contributed by atoms with Crippen molar-refractivity contribution in [3.63, 3.8) is 0 Å². The van der Waals surface area contributed by atoms with E-state index in [4.69, 9.17) is 0 Å². The molecule has 37 heavy (non-hydrogen) atoms. The lowest BCUT2D eigenvalue weighted by Crippen LogP contribution is -2.43. The van der Waals surface area contributed by atoms with Crippen molar-refractivity contribution in [2.45, 2.75) is 57.4 Å². The first-order chi connectivity index (χ1) is 17.6. The number of sulfonamides is 1. The smallest absolute Gasteiger partial charge is 0.341 e. The molecule has 0 saturated heterocycles. The van der Waals surface area contributed by atoms with Crippen LogP contribution in [0.25, 0.3) is 5.69 Å². The Bertz CT molecular complexity index is 1360. The van der Waals surface area contributed by atoms with Gasteiger partial charge in [0, 0.05) is 23.8 Å². The predicted molar refractivity (Wildman–Crippen MR) is 142 cm³/mol. The summed E-state index contributed by atoms with van der Waals surface area (Å²) in [7, 11) is -3.74. The average Bonchev–Trinajstić information content (AvgIpc) is 3.30. The molecule has 0 atom stereocenters. The third kappa shape index (κ3) is 5.85. The lowest BCUT2D eigenvalue weighted by molar-refractivity contribution is -0.124. The van der Waals surface area contributed by atoms with Crippen molar-refractivity contribution in [3.8, 4) is 5.69 Å². The van der Waals surface area contributed by atoms with E-state index in [0.29, 0.717) is 17.3 Å². The van der Waals surface area contributed by atoms with Crippen LogP contribution < -0.4 is 9.62 Å². The van der Waals surface area contributed by atoms with E-state index >= 15 is 0 Å². The molecule has 0 spiro atoms. The Hall–Kier alpha value is -3.66. The van der Waals surface area contributed by atoms with E-state index in [0.717, 1.165) is 25.7 Å². The van der Waals surface area contributed by atoms with E-state index in [1.165, 1.54) is 27.9 Å². The van der Waals surface area contributed by atoms with Crippen LogP contribution in [0, 0.1) is 11.8 Å². The van der Waals surface area contributed by atoms with Gasteiger partial charge in [0.05, 0.1) is 10.6 Å². The van der Waals surface area contributed by atoms with E-state index in [9.17, 15) is 23.1 Å². The Morgan fingerprint density at radius 1 is 1.03 bits per heavy atom. The molecule has 1 aromatic heterocycles. The number of hydrogen-bond donors (Lipinski definition) is 2. The van der Waals surface area contributed by atoms with Gasteiger partial charge in [-0.15, -0.1) is 5.10 Å². The summed E-state index contributed by atoms with van der Waals surface area (Å²) in [5.41, 5.74) is 0.808. The minimum atomic E-state index is -3.74. The van der Waals surface area contributed by atoms with Crippen LogP contribution in [0.4, 0.5) is 11.5 Å². The molecule has 1 amide bonds. The number of aromatic carboxylic acids is 1. The molecular formula is C27H32N4O5S. The first-order valence-electron chi connectivity index (χ1n) is 12.4. The fourth-order valence-electron chi connectivity index (χ4n) is 4.63. The monoisotopic (exact) mass is 524 g/mol. The number of rotatable bonds is 8. The Kier molecular flexibility index (Phi) is 7.68. The molecule has 4 rings (SSSR count). The van der Waals surface area contributed by atoms with Gasteiger partial charge in [0.15, 0.2) is 5.82 Å². The number of nitrogens with zero attached hydrogens (tertiary/aromatic N) is 3. The Morgan fingerprint density at radius 3 is 2.22 bits per heavy atom. The topological polar surface area (TPSA) is 122 Å². The number of carboxylic acid groups (broad SMARTS) is 1. The summed E-state index contributed by atoms with van der Waals surface area (Å²) in [5, 5.41) is 14.4. The minimum Gasteiger partial charge on any atom is -0.477 e. The zero-order chi connectivity index (χ0) is 26.7. The van der Waals surface area contributed by atoms with Crippen molar-refractivity contribution in [3.05, 3.63) is 66.4 Å². The molecule has 196 valence electrons. The summed E-state index contributed by atoms with van der Waals surface area (Å²) in [4.78, 5) is 27.2. The van der Waals surface area contributed by atoms with Crippen LogP contribution >= 0.6 is 0 Å². The molecule has 0 radical (unpaired) electrons. The van der Waals surface area contributed by atoms with E-state index in [-0.39, 0.29) is 34.1 Å². The van der Waals surface area contributed by atoms with Crippen LogP contribution in [-0.4, -0.2) is 41.2 Å². The van der Waals surface area contributed by atoms with E-state index in [1.54, 1.807) is 42.5 Å². The van der Waals surface area contributed by atoms with E-state index in [2.05, 4.69) is 16.7 Å². The Morgan fingerprint density at radius 2 is 1.65 bits per heavy atom. The molecule has 2 aromatic carbocycles. The molecule has 1 aliphatic rings. The fraction of sp³-hybridized carbons (Fsp3) is 0.370. The standard InChI is InChI=1S/C27H32N4O5S/c1-18(2)31(26(32)20-11-9-19(3)10-12-20)25-24(27(33)34)17-30(28-25)22-15-13-21(14-16-22)29-37(35,36)23-7-5-4-6-8-23/h4-8,13-20,29H,9-12H2,1-3H3,(H,33,34)/t19-,20-. The van der Waals surface area contributed by atoms with Crippen molar-refractivity contribution in [2.75, 3.05) is 9.62 Å². The van der Waals surface area contributed by atoms with Gasteiger partial charge in [0.25, 0.3) is 10.0 Å². The number of carboxylic acids is 1. The van der Waals surface area contributed by atoms with Gasteiger partial charge in [-0.25, -0.2) is 17.9 Å². The average molecular weight is 525 g/mol. The van der Waals surface area contributed by atoms with Crippen molar-refractivity contribution in [1.29, 1.82) is 0 Å². The molecule has 1 aliphatic carbocycles. The Labute approximate surface area is 217 Å². The predicted octanol–water partition coefficient (Wildman–Crippen LogP) is 4.94. The SMILES string of the molecule is CC(C)N(c1nn(-c2ccc(NS(=O)(=O)c3ccccc3)cc2)cc1C(=O)O)C(=O)[C@H]1CC[C@H](C)CC1. The van der Waals surface area contributed by atoms with Crippen molar-refractivity contribution in [1.82, 2.24) is 9.78 Å². The van der Waals surface area contributed by atoms with Gasteiger partial charge in [-0.1, -0.05) is 25.1 Å². The van der Waals surface area contributed by atoms with Gasteiger partial charge in [-0.3, -0.25) is 14.4 Å². The molecule has 1 fully saturated rings. The molecule has 1 saturated carbocycles. The molecule has 0 aliphatic heterocycles. The molecule has 0 unspecified atom stereocenters. The summed E-state index contributed by atoms with van der Waals surface area (Å²) in [6.07, 6.45) is 4.90. The third-order valence-electron chi connectivity index (χ3n) is 6.71. The second-order valence-electron chi connectivity index (χ2n) is 9.84. The number of nitrogens with one attached hydrogen (secondary N) is 1. The second kappa shape index (κ2) is 10.8. The number of amides is 1. The molecule has 3 aromatic rings. The minimum absolute atomic E-state index is 0.0694. The van der Waals surface area contributed by atoms with Gasteiger partial charge >= 0.3 is 5.97 Å². The van der Waals surface area contributed by atoms with Gasteiger partial charge in [-0.05, 0) is 81.8 Å². The van der Waals surface area contributed by atoms with Crippen molar-refractivity contribution >= 4 is 33.4 Å². The number of benzene rings is 2. The van der Waals surface area contributed by atoms with Gasteiger partial charge in [0.1, 0.15) is 5.56 Å². The molecular weight excluding hydrogens is 492 g/mol. The van der Waals surface area contributed by atoms with Gasteiger partial charge < -0.3 is 5.11 Å². The maximum Gasteiger partial charge on any atom is 0.341 e. The number of anilines is 2. The summed E-state index contributed by atoms with van der Waals surface area (Å²) in [6.45, 7) is 5.88. The number of carbonyl (C=O) groups excluding carboxylic acids is 1. The highest BCUT2D eigenvalue weighted by Crippen LogP contribution is 2.33. The lowest BCUT2D eigenvalue weighted by atomic mass is 9.82. The molecule has 9 nitrogen and oxygen atoms in total. The number of hydrogen-bond acceptors (Lipinski definition) is 5. The van der Waals surface area contributed by atoms with Crippen molar-refractivity contribution in [2.24, 2.45) is 11.8 Å². The van der Waals surface area contributed by atoms with Crippen LogP contribution in [-0.2, 0) is 14.8 Å². The van der Waals surface area contributed by atoms with Gasteiger partial charge in [0.2, 0.25) is 5.91 Å². The number of carbonyl (C=O) groups is 2. The first-order valence-corrected chi connectivity index (χ1v) is 13.9. The molecule has 10 heteroatoms. The second-order valence-corrected chi connectivity index (χ2v) is 11.5. The van der Waals surface area contributed by atoms with Crippen LogP contribution in [0.2, 0.25) is 0 Å². The summed E-state index contributed by atoms with van der Waals surface area (Å²) in [5.74, 6) is -0.725.